The van der Waals surface area contributed by atoms with Gasteiger partial charge >= 0.3 is 0 Å². The number of hydrogen-bond acceptors (Lipinski definition) is 5. The molecule has 15 heavy (non-hydrogen) atoms. The fourth-order valence-electron chi connectivity index (χ4n) is 1.17. The second-order valence-corrected chi connectivity index (χ2v) is 4.12. The molecular weight excluding hydrogens is 208 g/mol. The van der Waals surface area contributed by atoms with Crippen molar-refractivity contribution in [1.29, 1.82) is 0 Å². The summed E-state index contributed by atoms with van der Waals surface area (Å²) in [5, 5.41) is 4.22. The molecule has 0 saturated carbocycles. The highest BCUT2D eigenvalue weighted by Gasteiger charge is 2.04. The summed E-state index contributed by atoms with van der Waals surface area (Å²) < 4.78 is 0. The third kappa shape index (κ3) is 2.57. The number of nitrogens with one attached hydrogen (secondary N) is 1. The van der Waals surface area contributed by atoms with Crippen molar-refractivity contribution < 1.29 is 0 Å². The average Bonchev–Trinajstić information content (AvgIpc) is 2.76. The molecule has 4 nitrogen and oxygen atoms in total. The molecule has 78 valence electrons. The van der Waals surface area contributed by atoms with Gasteiger partial charge in [-0.15, -0.1) is 11.3 Å². The van der Waals surface area contributed by atoms with Gasteiger partial charge in [-0.1, -0.05) is 6.92 Å². The highest BCUT2D eigenvalue weighted by Crippen LogP contribution is 2.22. The maximum absolute atomic E-state index is 4.33. The molecule has 2 rings (SSSR count). The van der Waals surface area contributed by atoms with E-state index in [0.29, 0.717) is 0 Å². The lowest BCUT2D eigenvalue weighted by molar-refractivity contribution is 0.734. The third-order valence-electron chi connectivity index (χ3n) is 1.90. The molecule has 0 saturated heterocycles. The molecule has 0 amide bonds. The monoisotopic (exact) mass is 220 g/mol. The van der Waals surface area contributed by atoms with Gasteiger partial charge in [-0.3, -0.25) is 0 Å². The maximum Gasteiger partial charge on any atom is 0.142 e. The van der Waals surface area contributed by atoms with Crippen molar-refractivity contribution in [2.45, 2.75) is 13.5 Å². The summed E-state index contributed by atoms with van der Waals surface area (Å²) in [5.41, 5.74) is 0.887. The van der Waals surface area contributed by atoms with Gasteiger partial charge in [-0.2, -0.15) is 0 Å². The van der Waals surface area contributed by atoms with E-state index in [1.165, 1.54) is 4.88 Å². The molecule has 0 atom stereocenters. The first-order valence-corrected chi connectivity index (χ1v) is 5.63. The first-order chi connectivity index (χ1) is 7.40. The Bertz CT molecular complexity index is 412. The van der Waals surface area contributed by atoms with E-state index < -0.39 is 0 Å². The lowest BCUT2D eigenvalue weighted by Gasteiger charge is -1.95. The summed E-state index contributed by atoms with van der Waals surface area (Å²) in [5.74, 6) is 0. The van der Waals surface area contributed by atoms with Gasteiger partial charge < -0.3 is 5.32 Å². The fraction of sp³-hybridized carbons (Fsp3) is 0.300. The minimum absolute atomic E-state index is 0.874. The zero-order chi connectivity index (χ0) is 10.5. The van der Waals surface area contributed by atoms with Gasteiger partial charge in [0.05, 0.1) is 0 Å². The topological polar surface area (TPSA) is 50.7 Å². The van der Waals surface area contributed by atoms with Crippen LogP contribution in [0, 0.1) is 0 Å². The van der Waals surface area contributed by atoms with E-state index in [0.717, 1.165) is 23.8 Å². The number of nitrogens with zero attached hydrogens (tertiary/aromatic N) is 3. The van der Waals surface area contributed by atoms with Crippen LogP contribution >= 0.6 is 11.3 Å². The summed E-state index contributed by atoms with van der Waals surface area (Å²) in [4.78, 5) is 13.6. The van der Waals surface area contributed by atoms with Crippen LogP contribution in [0.4, 0.5) is 0 Å². The predicted molar refractivity (Wildman–Crippen MR) is 60.5 cm³/mol. The Hall–Kier alpha value is -1.33. The molecule has 2 aromatic rings. The molecule has 2 aromatic heterocycles. The molecule has 2 heterocycles. The van der Waals surface area contributed by atoms with Gasteiger partial charge in [-0.05, 0) is 12.6 Å². The van der Waals surface area contributed by atoms with E-state index in [1.807, 2.05) is 12.3 Å². The van der Waals surface area contributed by atoms with Crippen LogP contribution < -0.4 is 5.32 Å². The quantitative estimate of drug-likeness (QED) is 0.852. The van der Waals surface area contributed by atoms with Gasteiger partial charge in [0.25, 0.3) is 0 Å². The van der Waals surface area contributed by atoms with E-state index in [-0.39, 0.29) is 0 Å². The molecule has 5 heteroatoms. The van der Waals surface area contributed by atoms with Gasteiger partial charge in [0.15, 0.2) is 0 Å². The van der Waals surface area contributed by atoms with E-state index in [1.54, 1.807) is 23.9 Å². The van der Waals surface area contributed by atoms with E-state index in [9.17, 15) is 0 Å². The molecule has 0 bridgehead atoms. The first-order valence-electron chi connectivity index (χ1n) is 4.82. The molecule has 0 fully saturated rings. The Kier molecular flexibility index (Phi) is 3.37. The van der Waals surface area contributed by atoms with E-state index in [2.05, 4.69) is 27.2 Å². The van der Waals surface area contributed by atoms with Crippen molar-refractivity contribution in [1.82, 2.24) is 20.3 Å². The van der Waals surface area contributed by atoms with Gasteiger partial charge in [0.1, 0.15) is 17.0 Å². The van der Waals surface area contributed by atoms with Crippen molar-refractivity contribution in [2.75, 3.05) is 6.54 Å². The fourth-order valence-corrected chi connectivity index (χ4v) is 2.03. The normalized spacial score (nSPS) is 10.5. The molecule has 0 unspecified atom stereocenters. The number of aromatic nitrogens is 3. The average molecular weight is 220 g/mol. The Morgan fingerprint density at radius 3 is 3.07 bits per heavy atom. The van der Waals surface area contributed by atoms with Crippen LogP contribution in [0.25, 0.3) is 10.7 Å². The van der Waals surface area contributed by atoms with Crippen LogP contribution in [-0.4, -0.2) is 21.5 Å². The number of hydrogen-bond donors (Lipinski definition) is 1. The summed E-state index contributed by atoms with van der Waals surface area (Å²) in [6, 6.07) is 1.87. The highest BCUT2D eigenvalue weighted by molar-refractivity contribution is 7.14. The summed E-state index contributed by atoms with van der Waals surface area (Å²) in [6.07, 6.45) is 5.17. The molecule has 1 N–H and O–H groups in total. The largest absolute Gasteiger partial charge is 0.312 e. The molecule has 0 aliphatic rings. The summed E-state index contributed by atoms with van der Waals surface area (Å²) in [7, 11) is 0. The standard InChI is InChI=1S/C10H12N4S/c1-2-11-5-8-6-13-10(15-8)9-3-4-12-7-14-9/h3-4,6-7,11H,2,5H2,1H3. The van der Waals surface area contributed by atoms with Crippen LogP contribution in [-0.2, 0) is 6.54 Å². The lowest BCUT2D eigenvalue weighted by Crippen LogP contribution is -2.10. The van der Waals surface area contributed by atoms with Gasteiger partial charge in [0.2, 0.25) is 0 Å². The lowest BCUT2D eigenvalue weighted by atomic mass is 10.4. The SMILES string of the molecule is CCNCc1cnc(-c2ccncn2)s1. The number of thiazole rings is 1. The molecule has 0 aliphatic heterocycles. The minimum atomic E-state index is 0.874. The second kappa shape index (κ2) is 4.95. The molecule has 0 aromatic carbocycles. The smallest absolute Gasteiger partial charge is 0.142 e. The zero-order valence-electron chi connectivity index (χ0n) is 8.47. The van der Waals surface area contributed by atoms with Crippen molar-refractivity contribution in [3.8, 4) is 10.7 Å². The molecule has 0 aliphatic carbocycles. The molecular formula is C10H12N4S. The third-order valence-corrected chi connectivity index (χ3v) is 2.92. The van der Waals surface area contributed by atoms with Crippen LogP contribution in [0.5, 0.6) is 0 Å². The van der Waals surface area contributed by atoms with Crippen LogP contribution in [0.1, 0.15) is 11.8 Å². The van der Waals surface area contributed by atoms with Crippen molar-refractivity contribution in [3.63, 3.8) is 0 Å². The van der Waals surface area contributed by atoms with Gasteiger partial charge in [-0.25, -0.2) is 15.0 Å². The van der Waals surface area contributed by atoms with Gasteiger partial charge in [0, 0.05) is 23.8 Å². The minimum Gasteiger partial charge on any atom is -0.312 e. The second-order valence-electron chi connectivity index (χ2n) is 3.01. The van der Waals surface area contributed by atoms with E-state index >= 15 is 0 Å². The summed E-state index contributed by atoms with van der Waals surface area (Å²) in [6.45, 7) is 3.94. The Labute approximate surface area is 92.4 Å². The van der Waals surface area contributed by atoms with Crippen molar-refractivity contribution >= 4 is 11.3 Å². The highest BCUT2D eigenvalue weighted by atomic mass is 32.1. The molecule has 0 radical (unpaired) electrons. The van der Waals surface area contributed by atoms with Crippen LogP contribution in [0.15, 0.2) is 24.8 Å². The number of rotatable bonds is 4. The van der Waals surface area contributed by atoms with E-state index in [4.69, 9.17) is 0 Å². The molecule has 0 spiro atoms. The zero-order valence-corrected chi connectivity index (χ0v) is 9.29. The van der Waals surface area contributed by atoms with Crippen LogP contribution in [0.2, 0.25) is 0 Å². The summed E-state index contributed by atoms with van der Waals surface area (Å²) >= 11 is 1.66. The Balaban J connectivity index is 2.14. The first kappa shape index (κ1) is 10.2. The van der Waals surface area contributed by atoms with Crippen molar-refractivity contribution in [3.05, 3.63) is 29.7 Å². The maximum atomic E-state index is 4.33. The predicted octanol–water partition coefficient (Wildman–Crippen LogP) is 1.71. The van der Waals surface area contributed by atoms with Crippen LogP contribution in [0.3, 0.4) is 0 Å². The Morgan fingerprint density at radius 2 is 2.33 bits per heavy atom. The van der Waals surface area contributed by atoms with Crippen molar-refractivity contribution in [2.24, 2.45) is 0 Å². The Morgan fingerprint density at radius 1 is 1.40 bits per heavy atom.